The van der Waals surface area contributed by atoms with Crippen molar-refractivity contribution >= 4 is 11.6 Å². The lowest BCUT2D eigenvalue weighted by Crippen LogP contribution is -2.15. The normalized spacial score (nSPS) is 22.5. The minimum absolute atomic E-state index is 0.413. The Bertz CT molecular complexity index is 281. The van der Waals surface area contributed by atoms with Crippen molar-refractivity contribution in [2.45, 2.75) is 25.2 Å². The molecular weight excluding hydrogens is 202 g/mol. The van der Waals surface area contributed by atoms with Gasteiger partial charge in [-0.1, -0.05) is 5.16 Å². The van der Waals surface area contributed by atoms with Gasteiger partial charge in [0.15, 0.2) is 0 Å². The molecule has 1 aliphatic rings. The van der Waals surface area contributed by atoms with Crippen molar-refractivity contribution in [1.82, 2.24) is 5.16 Å². The predicted octanol–water partition coefficient (Wildman–Crippen LogP) is 2.35. The van der Waals surface area contributed by atoms with E-state index in [2.05, 4.69) is 5.16 Å². The second-order valence-electron chi connectivity index (χ2n) is 3.57. The largest absolute Gasteiger partial charge is 0.381 e. The smallest absolute Gasteiger partial charge is 0.138 e. The third kappa shape index (κ3) is 2.28. The van der Waals surface area contributed by atoms with Crippen molar-refractivity contribution in [1.29, 1.82) is 0 Å². The van der Waals surface area contributed by atoms with E-state index >= 15 is 0 Å². The van der Waals surface area contributed by atoms with Crippen molar-refractivity contribution in [3.63, 3.8) is 0 Å². The van der Waals surface area contributed by atoms with Crippen molar-refractivity contribution in [3.05, 3.63) is 17.5 Å². The standard InChI is InChI=1S/C10H14ClNO2/c11-4-3-9-6-10(12-14-9)8-2-1-5-13-7-8/h6,8H,1-5,7H2. The average Bonchev–Trinajstić information content (AvgIpc) is 2.68. The molecule has 0 radical (unpaired) electrons. The van der Waals surface area contributed by atoms with Crippen molar-refractivity contribution in [2.24, 2.45) is 0 Å². The van der Waals surface area contributed by atoms with E-state index in [0.29, 0.717) is 11.8 Å². The van der Waals surface area contributed by atoms with E-state index in [1.165, 1.54) is 0 Å². The van der Waals surface area contributed by atoms with Crippen LogP contribution in [-0.4, -0.2) is 24.3 Å². The first-order valence-corrected chi connectivity index (χ1v) is 5.53. The van der Waals surface area contributed by atoms with Crippen molar-refractivity contribution in [3.8, 4) is 0 Å². The quantitative estimate of drug-likeness (QED) is 0.727. The lowest BCUT2D eigenvalue weighted by atomic mass is 9.98. The number of hydrogen-bond acceptors (Lipinski definition) is 3. The van der Waals surface area contributed by atoms with Gasteiger partial charge in [-0.3, -0.25) is 0 Å². The Labute approximate surface area is 88.4 Å². The molecule has 1 aliphatic heterocycles. The summed E-state index contributed by atoms with van der Waals surface area (Å²) in [5.41, 5.74) is 1.02. The SMILES string of the molecule is ClCCc1cc(C2CCCOC2)no1. The van der Waals surface area contributed by atoms with Gasteiger partial charge < -0.3 is 9.26 Å². The van der Waals surface area contributed by atoms with Crippen molar-refractivity contribution in [2.75, 3.05) is 19.1 Å². The second-order valence-corrected chi connectivity index (χ2v) is 3.95. The fourth-order valence-electron chi connectivity index (χ4n) is 1.71. The summed E-state index contributed by atoms with van der Waals surface area (Å²) >= 11 is 5.62. The van der Waals surface area contributed by atoms with E-state index in [4.69, 9.17) is 20.9 Å². The lowest BCUT2D eigenvalue weighted by molar-refractivity contribution is 0.0783. The maximum Gasteiger partial charge on any atom is 0.138 e. The molecule has 1 atom stereocenters. The maximum absolute atomic E-state index is 5.62. The van der Waals surface area contributed by atoms with Crippen LogP contribution in [-0.2, 0) is 11.2 Å². The minimum Gasteiger partial charge on any atom is -0.381 e. The number of alkyl halides is 1. The van der Waals surface area contributed by atoms with Gasteiger partial charge in [-0.25, -0.2) is 0 Å². The molecule has 1 unspecified atom stereocenters. The Morgan fingerprint density at radius 3 is 3.21 bits per heavy atom. The average molecular weight is 216 g/mol. The fourth-order valence-corrected chi connectivity index (χ4v) is 1.89. The van der Waals surface area contributed by atoms with Crippen LogP contribution in [0.5, 0.6) is 0 Å². The van der Waals surface area contributed by atoms with E-state index in [9.17, 15) is 0 Å². The summed E-state index contributed by atoms with van der Waals surface area (Å²) in [5.74, 6) is 1.87. The van der Waals surface area contributed by atoms with Crippen LogP contribution in [0.2, 0.25) is 0 Å². The predicted molar refractivity (Wildman–Crippen MR) is 53.7 cm³/mol. The third-order valence-electron chi connectivity index (χ3n) is 2.50. The lowest BCUT2D eigenvalue weighted by Gasteiger charge is -2.19. The topological polar surface area (TPSA) is 35.3 Å². The highest BCUT2D eigenvalue weighted by Gasteiger charge is 2.19. The monoisotopic (exact) mass is 215 g/mol. The molecule has 0 bridgehead atoms. The van der Waals surface area contributed by atoms with Crippen LogP contribution in [0.15, 0.2) is 10.6 Å². The van der Waals surface area contributed by atoms with Gasteiger partial charge in [-0.05, 0) is 12.8 Å². The van der Waals surface area contributed by atoms with Gasteiger partial charge in [0, 0.05) is 30.9 Å². The number of nitrogens with zero attached hydrogens (tertiary/aromatic N) is 1. The van der Waals surface area contributed by atoms with Gasteiger partial charge in [0.1, 0.15) is 5.76 Å². The molecular formula is C10H14ClNO2. The molecule has 0 saturated carbocycles. The zero-order valence-electron chi connectivity index (χ0n) is 8.04. The Morgan fingerprint density at radius 2 is 2.50 bits per heavy atom. The molecule has 1 aromatic rings. The molecule has 0 spiro atoms. The summed E-state index contributed by atoms with van der Waals surface area (Å²) in [6, 6.07) is 2.00. The summed E-state index contributed by atoms with van der Waals surface area (Å²) in [5, 5.41) is 4.04. The van der Waals surface area contributed by atoms with E-state index in [1.54, 1.807) is 0 Å². The molecule has 0 aliphatic carbocycles. The third-order valence-corrected chi connectivity index (χ3v) is 2.69. The summed E-state index contributed by atoms with van der Waals surface area (Å²) in [6.45, 7) is 1.65. The van der Waals surface area contributed by atoms with Crippen LogP contribution < -0.4 is 0 Å². The highest BCUT2D eigenvalue weighted by atomic mass is 35.5. The van der Waals surface area contributed by atoms with Gasteiger partial charge in [0.25, 0.3) is 0 Å². The fraction of sp³-hybridized carbons (Fsp3) is 0.700. The number of ether oxygens (including phenoxy) is 1. The summed E-state index contributed by atoms with van der Waals surface area (Å²) in [4.78, 5) is 0. The zero-order valence-corrected chi connectivity index (χ0v) is 8.79. The van der Waals surface area contributed by atoms with E-state index in [0.717, 1.165) is 43.9 Å². The van der Waals surface area contributed by atoms with Gasteiger partial charge >= 0.3 is 0 Å². The van der Waals surface area contributed by atoms with Crippen LogP contribution in [0.3, 0.4) is 0 Å². The number of halogens is 1. The highest BCUT2D eigenvalue weighted by Crippen LogP contribution is 2.24. The van der Waals surface area contributed by atoms with Gasteiger partial charge in [0.2, 0.25) is 0 Å². The summed E-state index contributed by atoms with van der Waals surface area (Å²) < 4.78 is 10.6. The molecule has 1 aromatic heterocycles. The number of hydrogen-bond donors (Lipinski definition) is 0. The molecule has 2 rings (SSSR count). The van der Waals surface area contributed by atoms with E-state index in [1.807, 2.05) is 6.07 Å². The Hall–Kier alpha value is -0.540. The molecule has 0 aromatic carbocycles. The molecule has 0 amide bonds. The molecule has 78 valence electrons. The second kappa shape index (κ2) is 4.80. The van der Waals surface area contributed by atoms with Crippen LogP contribution in [0.4, 0.5) is 0 Å². The van der Waals surface area contributed by atoms with Crippen LogP contribution in [0.1, 0.15) is 30.2 Å². The van der Waals surface area contributed by atoms with Crippen LogP contribution >= 0.6 is 11.6 Å². The molecule has 0 N–H and O–H groups in total. The molecule has 1 fully saturated rings. The van der Waals surface area contributed by atoms with E-state index in [-0.39, 0.29) is 0 Å². The summed E-state index contributed by atoms with van der Waals surface area (Å²) in [7, 11) is 0. The maximum atomic E-state index is 5.62. The minimum atomic E-state index is 0.413. The van der Waals surface area contributed by atoms with E-state index < -0.39 is 0 Å². The first kappa shape index (κ1) is 9.99. The number of aryl methyl sites for hydroxylation is 1. The van der Waals surface area contributed by atoms with Crippen LogP contribution in [0.25, 0.3) is 0 Å². The summed E-state index contributed by atoms with van der Waals surface area (Å²) in [6.07, 6.45) is 3.01. The molecule has 1 saturated heterocycles. The van der Waals surface area contributed by atoms with Crippen molar-refractivity contribution < 1.29 is 9.26 Å². The Morgan fingerprint density at radius 1 is 1.57 bits per heavy atom. The zero-order chi connectivity index (χ0) is 9.80. The molecule has 14 heavy (non-hydrogen) atoms. The Balaban J connectivity index is 2.00. The first-order chi connectivity index (χ1) is 6.90. The Kier molecular flexibility index (Phi) is 3.43. The first-order valence-electron chi connectivity index (χ1n) is 4.99. The molecule has 3 nitrogen and oxygen atoms in total. The van der Waals surface area contributed by atoms with Gasteiger partial charge in [-0.2, -0.15) is 0 Å². The number of rotatable bonds is 3. The highest BCUT2D eigenvalue weighted by molar-refractivity contribution is 6.17. The molecule has 2 heterocycles. The molecule has 4 heteroatoms. The van der Waals surface area contributed by atoms with Gasteiger partial charge in [0.05, 0.1) is 12.3 Å². The van der Waals surface area contributed by atoms with Gasteiger partial charge in [-0.15, -0.1) is 11.6 Å². The van der Waals surface area contributed by atoms with Crippen LogP contribution in [0, 0.1) is 0 Å². The number of aromatic nitrogens is 1.